The van der Waals surface area contributed by atoms with Crippen LogP contribution in [0.2, 0.25) is 0 Å². The molecule has 0 unspecified atom stereocenters. The van der Waals surface area contributed by atoms with E-state index in [-0.39, 0.29) is 24.4 Å². The number of nitrogens with zero attached hydrogens (tertiary/aromatic N) is 2. The Morgan fingerprint density at radius 2 is 2.18 bits per heavy atom. The average molecular weight is 238 g/mol. The summed E-state index contributed by atoms with van der Waals surface area (Å²) in [4.78, 5) is 21.9. The van der Waals surface area contributed by atoms with Crippen LogP contribution in [0.25, 0.3) is 0 Å². The van der Waals surface area contributed by atoms with E-state index in [0.717, 1.165) is 5.56 Å². The van der Waals surface area contributed by atoms with Gasteiger partial charge in [0, 0.05) is 19.7 Å². The van der Waals surface area contributed by atoms with E-state index >= 15 is 0 Å². The van der Waals surface area contributed by atoms with Gasteiger partial charge >= 0.3 is 0 Å². The molecule has 0 aliphatic heterocycles. The molecule has 0 radical (unpaired) electrons. The zero-order chi connectivity index (χ0) is 12.8. The van der Waals surface area contributed by atoms with Gasteiger partial charge in [0.15, 0.2) is 0 Å². The quantitative estimate of drug-likeness (QED) is 0.758. The predicted molar refractivity (Wildman–Crippen MR) is 63.4 cm³/mol. The maximum atomic E-state index is 11.3. The minimum absolute atomic E-state index is 0.0141. The first-order valence-corrected chi connectivity index (χ1v) is 5.51. The van der Waals surface area contributed by atoms with Crippen molar-refractivity contribution >= 4 is 11.8 Å². The first-order chi connectivity index (χ1) is 7.99. The molecule has 6 heteroatoms. The van der Waals surface area contributed by atoms with E-state index in [0.29, 0.717) is 6.54 Å². The third-order valence-corrected chi connectivity index (χ3v) is 2.27. The predicted octanol–water partition coefficient (Wildman–Crippen LogP) is 0.00482. The van der Waals surface area contributed by atoms with Crippen molar-refractivity contribution in [1.29, 1.82) is 0 Å². The molecule has 0 bridgehead atoms. The summed E-state index contributed by atoms with van der Waals surface area (Å²) in [6.45, 7) is 5.80. The van der Waals surface area contributed by atoms with E-state index in [2.05, 4.69) is 15.7 Å². The van der Waals surface area contributed by atoms with Crippen molar-refractivity contribution in [1.82, 2.24) is 20.4 Å². The Balaban J connectivity index is 2.30. The molecule has 1 aromatic rings. The summed E-state index contributed by atoms with van der Waals surface area (Å²) in [6.07, 6.45) is 3.69. The van der Waals surface area contributed by atoms with Crippen LogP contribution in [0, 0.1) is 6.92 Å². The smallest absolute Gasteiger partial charge is 0.239 e. The number of amides is 2. The summed E-state index contributed by atoms with van der Waals surface area (Å²) in [6, 6.07) is 0.0879. The Hall–Kier alpha value is -1.85. The minimum atomic E-state index is -0.212. The molecule has 2 amide bonds. The second-order valence-electron chi connectivity index (χ2n) is 4.06. The fraction of sp³-hybridized carbons (Fsp3) is 0.545. The van der Waals surface area contributed by atoms with Crippen LogP contribution in [-0.2, 0) is 9.59 Å². The Bertz CT molecular complexity index is 400. The summed E-state index contributed by atoms with van der Waals surface area (Å²) in [5, 5.41) is 9.33. The number of rotatable bonds is 5. The molecule has 1 rings (SSSR count). The second-order valence-corrected chi connectivity index (χ2v) is 4.06. The van der Waals surface area contributed by atoms with Gasteiger partial charge in [-0.25, -0.2) is 0 Å². The maximum Gasteiger partial charge on any atom is 0.239 e. The van der Waals surface area contributed by atoms with E-state index in [9.17, 15) is 9.59 Å². The largest absolute Gasteiger partial charge is 0.352 e. The standard InChI is InChI=1S/C11H18N4O2/c1-8-4-14-15(7-8)9(2)5-13-11(17)6-12-10(3)16/h4,7,9H,5-6H2,1-3H3,(H,12,16)(H,13,17)/t9-/m0/s1. The number of hydrogen-bond acceptors (Lipinski definition) is 3. The van der Waals surface area contributed by atoms with Gasteiger partial charge in [0.05, 0.1) is 18.8 Å². The molecule has 17 heavy (non-hydrogen) atoms. The van der Waals surface area contributed by atoms with Crippen LogP contribution in [0.1, 0.15) is 25.5 Å². The minimum Gasteiger partial charge on any atom is -0.352 e. The molecule has 1 atom stereocenters. The third-order valence-electron chi connectivity index (χ3n) is 2.27. The lowest BCUT2D eigenvalue weighted by Gasteiger charge is -2.13. The van der Waals surface area contributed by atoms with Crippen LogP contribution in [-0.4, -0.2) is 34.7 Å². The van der Waals surface area contributed by atoms with Crippen molar-refractivity contribution in [2.45, 2.75) is 26.8 Å². The van der Waals surface area contributed by atoms with Crippen molar-refractivity contribution in [3.05, 3.63) is 18.0 Å². The van der Waals surface area contributed by atoms with E-state index in [4.69, 9.17) is 0 Å². The SMILES string of the molecule is CC(=O)NCC(=O)NC[C@H](C)n1cc(C)cn1. The molecule has 0 spiro atoms. The fourth-order valence-corrected chi connectivity index (χ4v) is 1.30. The van der Waals surface area contributed by atoms with Crippen molar-refractivity contribution < 1.29 is 9.59 Å². The zero-order valence-electron chi connectivity index (χ0n) is 10.4. The van der Waals surface area contributed by atoms with Crippen LogP contribution in [0.4, 0.5) is 0 Å². The molecule has 0 aliphatic carbocycles. The maximum absolute atomic E-state index is 11.3. The zero-order valence-corrected chi connectivity index (χ0v) is 10.4. The molecule has 6 nitrogen and oxygen atoms in total. The molecule has 1 aromatic heterocycles. The van der Waals surface area contributed by atoms with Crippen LogP contribution < -0.4 is 10.6 Å². The molecular weight excluding hydrogens is 220 g/mol. The molecule has 2 N–H and O–H groups in total. The highest BCUT2D eigenvalue weighted by Gasteiger charge is 2.08. The van der Waals surface area contributed by atoms with Crippen molar-refractivity contribution in [3.63, 3.8) is 0 Å². The second kappa shape index (κ2) is 6.03. The van der Waals surface area contributed by atoms with Gasteiger partial charge in [-0.1, -0.05) is 0 Å². The van der Waals surface area contributed by atoms with Gasteiger partial charge in [-0.3, -0.25) is 14.3 Å². The number of carbonyl (C=O) groups is 2. The van der Waals surface area contributed by atoms with Gasteiger partial charge in [0.2, 0.25) is 11.8 Å². The lowest BCUT2D eigenvalue weighted by atomic mass is 10.3. The summed E-state index contributed by atoms with van der Waals surface area (Å²) < 4.78 is 1.80. The lowest BCUT2D eigenvalue weighted by Crippen LogP contribution is -2.38. The number of aromatic nitrogens is 2. The normalized spacial score (nSPS) is 11.9. The van der Waals surface area contributed by atoms with Gasteiger partial charge in [-0.2, -0.15) is 5.10 Å². The molecule has 1 heterocycles. The van der Waals surface area contributed by atoms with Gasteiger partial charge in [-0.05, 0) is 19.4 Å². The highest BCUT2D eigenvalue weighted by atomic mass is 16.2. The first kappa shape index (κ1) is 13.2. The van der Waals surface area contributed by atoms with Crippen molar-refractivity contribution in [2.75, 3.05) is 13.1 Å². The molecule has 0 fully saturated rings. The van der Waals surface area contributed by atoms with Crippen molar-refractivity contribution in [2.24, 2.45) is 0 Å². The van der Waals surface area contributed by atoms with E-state index in [1.54, 1.807) is 10.9 Å². The molecular formula is C11H18N4O2. The summed E-state index contributed by atoms with van der Waals surface area (Å²) in [7, 11) is 0. The number of nitrogens with one attached hydrogen (secondary N) is 2. The van der Waals surface area contributed by atoms with Crippen LogP contribution in [0.3, 0.4) is 0 Å². The molecule has 0 saturated carbocycles. The summed E-state index contributed by atoms with van der Waals surface area (Å²) in [5.41, 5.74) is 1.08. The highest BCUT2D eigenvalue weighted by molar-refractivity contribution is 5.83. The van der Waals surface area contributed by atoms with Gasteiger partial charge in [0.25, 0.3) is 0 Å². The molecule has 0 aromatic carbocycles. The van der Waals surface area contributed by atoms with E-state index in [1.807, 2.05) is 20.0 Å². The number of hydrogen-bond donors (Lipinski definition) is 2. The van der Waals surface area contributed by atoms with Crippen LogP contribution in [0.15, 0.2) is 12.4 Å². The highest BCUT2D eigenvalue weighted by Crippen LogP contribution is 2.03. The Morgan fingerprint density at radius 3 is 2.71 bits per heavy atom. The molecule has 0 aliphatic rings. The summed E-state index contributed by atoms with van der Waals surface area (Å²) >= 11 is 0. The average Bonchev–Trinajstić information content (AvgIpc) is 2.70. The van der Waals surface area contributed by atoms with Crippen molar-refractivity contribution in [3.8, 4) is 0 Å². The Kier molecular flexibility index (Phi) is 4.68. The monoisotopic (exact) mass is 238 g/mol. The van der Waals surface area contributed by atoms with Gasteiger partial charge in [-0.15, -0.1) is 0 Å². The van der Waals surface area contributed by atoms with Crippen LogP contribution >= 0.6 is 0 Å². The first-order valence-electron chi connectivity index (χ1n) is 5.51. The topological polar surface area (TPSA) is 76.0 Å². The third kappa shape index (κ3) is 4.67. The van der Waals surface area contributed by atoms with E-state index in [1.165, 1.54) is 6.92 Å². The van der Waals surface area contributed by atoms with E-state index < -0.39 is 0 Å². The molecule has 94 valence electrons. The number of carbonyl (C=O) groups excluding carboxylic acids is 2. The van der Waals surface area contributed by atoms with Gasteiger partial charge < -0.3 is 10.6 Å². The Morgan fingerprint density at radius 1 is 1.47 bits per heavy atom. The fourth-order valence-electron chi connectivity index (χ4n) is 1.30. The Labute approximate surface area is 100 Å². The number of aryl methyl sites for hydroxylation is 1. The van der Waals surface area contributed by atoms with Crippen LogP contribution in [0.5, 0.6) is 0 Å². The lowest BCUT2D eigenvalue weighted by molar-refractivity contribution is -0.125. The summed E-state index contributed by atoms with van der Waals surface area (Å²) in [5.74, 6) is -0.410. The van der Waals surface area contributed by atoms with Gasteiger partial charge in [0.1, 0.15) is 0 Å². The molecule has 0 saturated heterocycles.